The van der Waals surface area contributed by atoms with E-state index < -0.39 is 11.9 Å². The van der Waals surface area contributed by atoms with Gasteiger partial charge in [0.1, 0.15) is 0 Å². The van der Waals surface area contributed by atoms with E-state index in [0.717, 1.165) is 6.08 Å². The Bertz CT molecular complexity index is 728. The molecule has 0 atom stereocenters. The molecule has 110 valence electrons. The number of carbonyl (C=O) groups is 2. The third-order valence-corrected chi connectivity index (χ3v) is 3.02. The molecule has 0 fully saturated rings. The zero-order chi connectivity index (χ0) is 15.9. The minimum atomic E-state index is -1.13. The molecule has 0 unspecified atom stereocenters. The van der Waals surface area contributed by atoms with Gasteiger partial charge in [0.2, 0.25) is 0 Å². The van der Waals surface area contributed by atoms with Crippen LogP contribution < -0.4 is 0 Å². The molecule has 0 aromatic heterocycles. The van der Waals surface area contributed by atoms with Crippen LogP contribution in [0.2, 0.25) is 0 Å². The van der Waals surface area contributed by atoms with Crippen molar-refractivity contribution >= 4 is 23.1 Å². The quantitative estimate of drug-likeness (QED) is 0.504. The molecule has 0 aliphatic heterocycles. The summed E-state index contributed by atoms with van der Waals surface area (Å²) in [6.45, 7) is 0. The molecule has 0 aliphatic carbocycles. The summed E-state index contributed by atoms with van der Waals surface area (Å²) in [6.07, 6.45) is 2.25. The standard InChI is InChI=1S/C18H14O4/c19-16(20)12-11-15(13-7-3-1-4-8-13)17(18(21)22)14-9-5-2-6-10-14/h1-12H,(H,19,20)(H,21,22)/b12-11+,17-15-. The summed E-state index contributed by atoms with van der Waals surface area (Å²) in [7, 11) is 0. The maximum absolute atomic E-state index is 11.7. The summed E-state index contributed by atoms with van der Waals surface area (Å²) in [5, 5.41) is 18.4. The number of hydrogen-bond acceptors (Lipinski definition) is 2. The number of aliphatic carboxylic acids is 2. The lowest BCUT2D eigenvalue weighted by molar-refractivity contribution is -0.132. The molecule has 0 bridgehead atoms. The molecule has 0 amide bonds. The Balaban J connectivity index is 2.71. The van der Waals surface area contributed by atoms with E-state index >= 15 is 0 Å². The van der Waals surface area contributed by atoms with Crippen LogP contribution in [0.5, 0.6) is 0 Å². The largest absolute Gasteiger partial charge is 0.478 e. The van der Waals surface area contributed by atoms with E-state index in [2.05, 4.69) is 0 Å². The summed E-state index contributed by atoms with van der Waals surface area (Å²) >= 11 is 0. The molecule has 2 aromatic rings. The Hall–Kier alpha value is -3.14. The van der Waals surface area contributed by atoms with Gasteiger partial charge in [-0.15, -0.1) is 0 Å². The highest BCUT2D eigenvalue weighted by molar-refractivity contribution is 6.25. The van der Waals surface area contributed by atoms with Crippen LogP contribution >= 0.6 is 0 Å². The summed E-state index contributed by atoms with van der Waals surface area (Å²) < 4.78 is 0. The lowest BCUT2D eigenvalue weighted by Gasteiger charge is -2.10. The van der Waals surface area contributed by atoms with Crippen molar-refractivity contribution in [3.63, 3.8) is 0 Å². The van der Waals surface area contributed by atoms with Crippen molar-refractivity contribution in [1.29, 1.82) is 0 Å². The van der Waals surface area contributed by atoms with Gasteiger partial charge in [0, 0.05) is 6.08 Å². The van der Waals surface area contributed by atoms with Crippen molar-refractivity contribution in [3.8, 4) is 0 Å². The van der Waals surface area contributed by atoms with Crippen molar-refractivity contribution in [3.05, 3.63) is 83.9 Å². The van der Waals surface area contributed by atoms with Crippen molar-refractivity contribution in [2.24, 2.45) is 0 Å². The van der Waals surface area contributed by atoms with E-state index in [4.69, 9.17) is 5.11 Å². The van der Waals surface area contributed by atoms with E-state index in [1.165, 1.54) is 6.08 Å². The van der Waals surface area contributed by atoms with Crippen molar-refractivity contribution in [2.45, 2.75) is 0 Å². The molecule has 2 N–H and O–H groups in total. The van der Waals surface area contributed by atoms with Gasteiger partial charge in [0.25, 0.3) is 0 Å². The Kier molecular flexibility index (Phi) is 4.88. The number of hydrogen-bond donors (Lipinski definition) is 2. The van der Waals surface area contributed by atoms with E-state index in [1.807, 2.05) is 6.07 Å². The summed E-state index contributed by atoms with van der Waals surface area (Å²) in [5.41, 5.74) is 1.57. The SMILES string of the molecule is O=C(O)/C=C/C(=C(/C(=O)O)c1ccccc1)c1ccccc1. The van der Waals surface area contributed by atoms with Gasteiger partial charge in [0.15, 0.2) is 0 Å². The van der Waals surface area contributed by atoms with Crippen LogP contribution in [0.1, 0.15) is 11.1 Å². The molecule has 2 rings (SSSR count). The molecule has 0 radical (unpaired) electrons. The molecular formula is C18H14O4. The van der Waals surface area contributed by atoms with E-state index in [0.29, 0.717) is 16.7 Å². The zero-order valence-corrected chi connectivity index (χ0v) is 11.6. The first-order chi connectivity index (χ1) is 10.6. The average Bonchev–Trinajstić information content (AvgIpc) is 2.52. The van der Waals surface area contributed by atoms with Crippen LogP contribution in [0, 0.1) is 0 Å². The Morgan fingerprint density at radius 2 is 1.23 bits per heavy atom. The van der Waals surface area contributed by atoms with Crippen LogP contribution in [0.3, 0.4) is 0 Å². The monoisotopic (exact) mass is 294 g/mol. The van der Waals surface area contributed by atoms with Gasteiger partial charge >= 0.3 is 11.9 Å². The Morgan fingerprint density at radius 1 is 0.727 bits per heavy atom. The van der Waals surface area contributed by atoms with Gasteiger partial charge < -0.3 is 10.2 Å². The van der Waals surface area contributed by atoms with Gasteiger partial charge in [-0.3, -0.25) is 0 Å². The molecule has 0 heterocycles. The van der Waals surface area contributed by atoms with Crippen LogP contribution in [-0.2, 0) is 9.59 Å². The number of carboxylic acids is 2. The summed E-state index contributed by atoms with van der Waals surface area (Å²) in [6, 6.07) is 17.5. The fourth-order valence-electron chi connectivity index (χ4n) is 2.10. The number of benzene rings is 2. The molecule has 22 heavy (non-hydrogen) atoms. The van der Waals surface area contributed by atoms with Crippen LogP contribution in [-0.4, -0.2) is 22.2 Å². The normalized spacial score (nSPS) is 12.0. The third kappa shape index (κ3) is 3.70. The van der Waals surface area contributed by atoms with Crippen LogP contribution in [0.25, 0.3) is 11.1 Å². The van der Waals surface area contributed by atoms with E-state index in [-0.39, 0.29) is 5.57 Å². The molecule has 0 saturated heterocycles. The molecule has 0 saturated carbocycles. The minimum Gasteiger partial charge on any atom is -0.478 e. The topological polar surface area (TPSA) is 74.6 Å². The van der Waals surface area contributed by atoms with Crippen molar-refractivity contribution < 1.29 is 19.8 Å². The van der Waals surface area contributed by atoms with Crippen molar-refractivity contribution in [2.75, 3.05) is 0 Å². The van der Waals surface area contributed by atoms with Crippen LogP contribution in [0.15, 0.2) is 72.8 Å². The highest BCUT2D eigenvalue weighted by Gasteiger charge is 2.16. The fourth-order valence-corrected chi connectivity index (χ4v) is 2.10. The second kappa shape index (κ2) is 7.04. The number of rotatable bonds is 5. The maximum atomic E-state index is 11.7. The average molecular weight is 294 g/mol. The third-order valence-electron chi connectivity index (χ3n) is 3.02. The highest BCUT2D eigenvalue weighted by Crippen LogP contribution is 2.27. The molecule has 4 heteroatoms. The van der Waals surface area contributed by atoms with Gasteiger partial charge in [-0.2, -0.15) is 0 Å². The van der Waals surface area contributed by atoms with Gasteiger partial charge in [-0.05, 0) is 22.8 Å². The lowest BCUT2D eigenvalue weighted by atomic mass is 9.94. The second-order valence-electron chi connectivity index (χ2n) is 4.50. The lowest BCUT2D eigenvalue weighted by Crippen LogP contribution is -2.03. The van der Waals surface area contributed by atoms with Gasteiger partial charge in [0.05, 0.1) is 5.57 Å². The first-order valence-electron chi connectivity index (χ1n) is 6.59. The van der Waals surface area contributed by atoms with E-state index in [1.54, 1.807) is 54.6 Å². The Labute approximate surface area is 127 Å². The maximum Gasteiger partial charge on any atom is 0.336 e. The second-order valence-corrected chi connectivity index (χ2v) is 4.50. The smallest absolute Gasteiger partial charge is 0.336 e. The number of allylic oxidation sites excluding steroid dienone is 2. The van der Waals surface area contributed by atoms with Crippen molar-refractivity contribution in [1.82, 2.24) is 0 Å². The number of carboxylic acid groups (broad SMARTS) is 2. The fraction of sp³-hybridized carbons (Fsp3) is 0. The predicted octanol–water partition coefficient (Wildman–Crippen LogP) is 3.32. The predicted molar refractivity (Wildman–Crippen MR) is 84.1 cm³/mol. The van der Waals surface area contributed by atoms with Gasteiger partial charge in [-0.1, -0.05) is 60.7 Å². The molecule has 4 nitrogen and oxygen atoms in total. The van der Waals surface area contributed by atoms with Crippen LogP contribution in [0.4, 0.5) is 0 Å². The first-order valence-corrected chi connectivity index (χ1v) is 6.59. The first kappa shape index (κ1) is 15.3. The minimum absolute atomic E-state index is 0.0595. The zero-order valence-electron chi connectivity index (χ0n) is 11.6. The van der Waals surface area contributed by atoms with Gasteiger partial charge in [-0.25, -0.2) is 9.59 Å². The molecule has 0 spiro atoms. The molecular weight excluding hydrogens is 280 g/mol. The summed E-state index contributed by atoms with van der Waals surface area (Å²) in [4.78, 5) is 22.5. The Morgan fingerprint density at radius 3 is 1.68 bits per heavy atom. The van der Waals surface area contributed by atoms with E-state index in [9.17, 15) is 14.7 Å². The highest BCUT2D eigenvalue weighted by atomic mass is 16.4. The summed E-state index contributed by atoms with van der Waals surface area (Å²) in [5.74, 6) is -2.24. The molecule has 0 aliphatic rings. The molecule has 2 aromatic carbocycles.